The summed E-state index contributed by atoms with van der Waals surface area (Å²) in [5.41, 5.74) is -8.11. The molecular formula is C36H32F7N3O6S2. The zero-order chi connectivity index (χ0) is 39.4. The molecule has 0 amide bonds. The monoisotopic (exact) mass is 799 g/mol. The lowest BCUT2D eigenvalue weighted by Gasteiger charge is -2.32. The van der Waals surface area contributed by atoms with Gasteiger partial charge in [-0.2, -0.15) is 39.7 Å². The zero-order valence-electron chi connectivity index (χ0n) is 29.1. The molecule has 0 aliphatic carbocycles. The minimum absolute atomic E-state index is 0.0193. The van der Waals surface area contributed by atoms with Crippen molar-refractivity contribution in [2.75, 3.05) is 25.4 Å². The molecule has 54 heavy (non-hydrogen) atoms. The second-order valence-corrected chi connectivity index (χ2v) is 14.0. The van der Waals surface area contributed by atoms with E-state index < -0.39 is 69.3 Å². The number of hydrogen-bond donors (Lipinski definition) is 0. The van der Waals surface area contributed by atoms with Crippen LogP contribution in [0.1, 0.15) is 58.5 Å². The fraction of sp³-hybridized carbons (Fsp3) is 0.333. The van der Waals surface area contributed by atoms with Gasteiger partial charge in [0.2, 0.25) is 5.88 Å². The third-order valence-electron chi connectivity index (χ3n) is 8.19. The number of aromatic nitrogens is 2. The van der Waals surface area contributed by atoms with Crippen molar-refractivity contribution in [1.82, 2.24) is 9.97 Å². The molecule has 5 rings (SSSR count). The van der Waals surface area contributed by atoms with E-state index in [2.05, 4.69) is 26.0 Å². The molecule has 4 aromatic rings. The fourth-order valence-electron chi connectivity index (χ4n) is 5.63. The number of hydrogen-bond acceptors (Lipinski definition) is 10. The molecule has 0 saturated carbocycles. The van der Waals surface area contributed by atoms with Crippen molar-refractivity contribution in [2.24, 2.45) is 0 Å². The Balaban J connectivity index is 1.70. The Morgan fingerprint density at radius 2 is 1.52 bits per heavy atom. The molecule has 288 valence electrons. The van der Waals surface area contributed by atoms with E-state index in [-0.39, 0.29) is 41.6 Å². The van der Waals surface area contributed by atoms with Crippen molar-refractivity contribution < 1.29 is 57.5 Å². The maximum atomic E-state index is 17.2. The van der Waals surface area contributed by atoms with Gasteiger partial charge in [-0.15, -0.1) is 0 Å². The van der Waals surface area contributed by atoms with Gasteiger partial charge in [0.1, 0.15) is 11.5 Å². The number of nitrogens with zero attached hydrogens (tertiary/aromatic N) is 3. The number of rotatable bonds is 11. The second-order valence-electron chi connectivity index (χ2n) is 11.7. The van der Waals surface area contributed by atoms with E-state index in [1.807, 2.05) is 0 Å². The highest BCUT2D eigenvalue weighted by atomic mass is 32.2. The van der Waals surface area contributed by atoms with Gasteiger partial charge in [-0.25, -0.2) is 9.37 Å². The first-order valence-electron chi connectivity index (χ1n) is 16.0. The first kappa shape index (κ1) is 40.5. The summed E-state index contributed by atoms with van der Waals surface area (Å²) in [6.07, 6.45) is -5.87. The molecule has 0 saturated heterocycles. The lowest BCUT2D eigenvalue weighted by molar-refractivity contribution is -0.140. The van der Waals surface area contributed by atoms with Gasteiger partial charge in [-0.3, -0.25) is 0 Å². The Bertz CT molecular complexity index is 2100. The van der Waals surface area contributed by atoms with Crippen LogP contribution in [0.3, 0.4) is 0 Å². The Morgan fingerprint density at radius 1 is 0.944 bits per heavy atom. The van der Waals surface area contributed by atoms with E-state index >= 15 is 17.6 Å². The maximum absolute atomic E-state index is 17.2. The standard InChI is InChI=1S/C36H32F7N3O6S2/c1-5-6-7-23-16-28(46(18-21-8-12-24(49-2)13-9-21)19-22-10-14-25(50-3)15-11-22)32(37)30(31(23)35(38,39)40)29-17-27-26(20-51-29)33(45-34(44-27)53-4)52-54(47,48)36(41,42)43/h8-16,29H,5,17-20H2,1-4H3. The first-order chi connectivity index (χ1) is 25.5. The van der Waals surface area contributed by atoms with Crippen molar-refractivity contribution in [2.45, 2.75) is 62.4 Å². The zero-order valence-corrected chi connectivity index (χ0v) is 30.7. The van der Waals surface area contributed by atoms with Crippen LogP contribution in [-0.4, -0.2) is 44.4 Å². The van der Waals surface area contributed by atoms with Gasteiger partial charge in [0.25, 0.3) is 0 Å². The molecule has 2 heterocycles. The number of halogens is 7. The molecule has 1 aromatic heterocycles. The molecule has 0 radical (unpaired) electrons. The Labute approximate surface area is 310 Å². The highest BCUT2D eigenvalue weighted by Gasteiger charge is 2.50. The predicted molar refractivity (Wildman–Crippen MR) is 185 cm³/mol. The van der Waals surface area contributed by atoms with Crippen LogP contribution in [0.4, 0.5) is 36.4 Å². The number of anilines is 1. The molecule has 1 aliphatic heterocycles. The highest BCUT2D eigenvalue weighted by Crippen LogP contribution is 2.46. The average molecular weight is 800 g/mol. The van der Waals surface area contributed by atoms with Crippen LogP contribution in [0, 0.1) is 17.7 Å². The Hall–Kier alpha value is -4.73. The van der Waals surface area contributed by atoms with E-state index in [1.54, 1.807) is 60.4 Å². The molecular weight excluding hydrogens is 768 g/mol. The van der Waals surface area contributed by atoms with Crippen LogP contribution < -0.4 is 18.6 Å². The summed E-state index contributed by atoms with van der Waals surface area (Å²) in [5.74, 6) is 3.99. The van der Waals surface area contributed by atoms with Crippen LogP contribution in [0.25, 0.3) is 0 Å². The van der Waals surface area contributed by atoms with Crippen molar-refractivity contribution in [1.29, 1.82) is 0 Å². The normalized spacial score (nSPS) is 14.5. The lowest BCUT2D eigenvalue weighted by Crippen LogP contribution is -2.30. The summed E-state index contributed by atoms with van der Waals surface area (Å²) < 4.78 is 146. The number of methoxy groups -OCH3 is 2. The molecule has 0 fully saturated rings. The third-order valence-corrected chi connectivity index (χ3v) is 9.68. The molecule has 1 atom stereocenters. The number of fused-ring (bicyclic) bond motifs is 1. The highest BCUT2D eigenvalue weighted by molar-refractivity contribution is 7.98. The molecule has 0 bridgehead atoms. The first-order valence-corrected chi connectivity index (χ1v) is 18.6. The second kappa shape index (κ2) is 16.3. The summed E-state index contributed by atoms with van der Waals surface area (Å²) in [5, 5.41) is -0.244. The van der Waals surface area contributed by atoms with Gasteiger partial charge < -0.3 is 23.3 Å². The van der Waals surface area contributed by atoms with Gasteiger partial charge in [-0.05, 0) is 47.7 Å². The largest absolute Gasteiger partial charge is 0.534 e. The lowest BCUT2D eigenvalue weighted by atomic mass is 9.90. The molecule has 3 aromatic carbocycles. The van der Waals surface area contributed by atoms with Crippen LogP contribution in [-0.2, 0) is 47.1 Å². The summed E-state index contributed by atoms with van der Waals surface area (Å²) >= 11 is 0.807. The molecule has 0 spiro atoms. The van der Waals surface area contributed by atoms with Crippen molar-refractivity contribution >= 4 is 27.6 Å². The summed E-state index contributed by atoms with van der Waals surface area (Å²) in [6, 6.07) is 14.7. The van der Waals surface area contributed by atoms with Crippen LogP contribution in [0.15, 0.2) is 59.8 Å². The SMILES string of the molecule is CCC#Cc1cc(N(Cc2ccc(OC)cc2)Cc2ccc(OC)cc2)c(F)c(C2Cc3nc(SC)nc(OS(=O)(=O)C(F)(F)F)c3CO2)c1C(F)(F)F. The minimum Gasteiger partial charge on any atom is -0.497 e. The van der Waals surface area contributed by atoms with Crippen LogP contribution in [0.5, 0.6) is 17.4 Å². The quantitative estimate of drug-likeness (QED) is 0.0368. The topological polar surface area (TPSA) is 100 Å². The fourth-order valence-corrected chi connectivity index (χ4v) is 6.44. The molecule has 1 unspecified atom stereocenters. The Morgan fingerprint density at radius 3 is 2.00 bits per heavy atom. The minimum atomic E-state index is -6.20. The van der Waals surface area contributed by atoms with Crippen molar-refractivity contribution in [3.63, 3.8) is 0 Å². The van der Waals surface area contributed by atoms with E-state index in [9.17, 15) is 21.6 Å². The van der Waals surface area contributed by atoms with Gasteiger partial charge >= 0.3 is 21.8 Å². The van der Waals surface area contributed by atoms with E-state index in [1.165, 1.54) is 20.5 Å². The van der Waals surface area contributed by atoms with Gasteiger partial charge in [-0.1, -0.05) is 54.8 Å². The molecule has 1 aliphatic rings. The van der Waals surface area contributed by atoms with Gasteiger partial charge in [0.05, 0.1) is 49.4 Å². The van der Waals surface area contributed by atoms with Crippen molar-refractivity contribution in [3.05, 3.63) is 99.5 Å². The van der Waals surface area contributed by atoms with Crippen LogP contribution in [0.2, 0.25) is 0 Å². The number of thioether (sulfide) groups is 1. The smallest absolute Gasteiger partial charge is 0.497 e. The van der Waals surface area contributed by atoms with Crippen molar-refractivity contribution in [3.8, 4) is 29.2 Å². The molecule has 18 heteroatoms. The number of ether oxygens (including phenoxy) is 3. The van der Waals surface area contributed by atoms with Crippen LogP contribution >= 0.6 is 11.8 Å². The maximum Gasteiger partial charge on any atom is 0.534 e. The van der Waals surface area contributed by atoms with Gasteiger partial charge in [0.15, 0.2) is 11.0 Å². The molecule has 9 nitrogen and oxygen atoms in total. The number of benzene rings is 3. The number of alkyl halides is 6. The summed E-state index contributed by atoms with van der Waals surface area (Å²) in [7, 11) is -3.22. The van der Waals surface area contributed by atoms with Gasteiger partial charge in [0, 0.05) is 37.1 Å². The van der Waals surface area contributed by atoms with E-state index in [4.69, 9.17) is 14.2 Å². The third kappa shape index (κ3) is 8.96. The average Bonchev–Trinajstić information content (AvgIpc) is 3.13. The summed E-state index contributed by atoms with van der Waals surface area (Å²) in [6.45, 7) is 0.862. The summed E-state index contributed by atoms with van der Waals surface area (Å²) in [4.78, 5) is 9.48. The van der Waals surface area contributed by atoms with E-state index in [0.717, 1.165) is 17.8 Å². The Kier molecular flexibility index (Phi) is 12.2. The van der Waals surface area contributed by atoms with E-state index in [0.29, 0.717) is 22.6 Å². The molecule has 0 N–H and O–H groups in total. The predicted octanol–water partition coefficient (Wildman–Crippen LogP) is 8.38.